The van der Waals surface area contributed by atoms with E-state index in [-0.39, 0.29) is 5.91 Å². The molecule has 0 spiro atoms. The van der Waals surface area contributed by atoms with E-state index in [4.69, 9.17) is 15.2 Å². The average Bonchev–Trinajstić information content (AvgIpc) is 3.21. The maximum absolute atomic E-state index is 12.2. The molecular weight excluding hydrogens is 384 g/mol. The van der Waals surface area contributed by atoms with E-state index in [2.05, 4.69) is 27.2 Å². The third-order valence-electron chi connectivity index (χ3n) is 5.42. The Morgan fingerprint density at radius 2 is 1.63 bits per heavy atom. The van der Waals surface area contributed by atoms with Crippen molar-refractivity contribution in [3.05, 3.63) is 53.6 Å². The highest BCUT2D eigenvalue weighted by Gasteiger charge is 2.19. The van der Waals surface area contributed by atoms with Gasteiger partial charge in [0.25, 0.3) is 0 Å². The molecule has 8 heteroatoms. The van der Waals surface area contributed by atoms with E-state index in [0.717, 1.165) is 50.8 Å². The van der Waals surface area contributed by atoms with Crippen molar-refractivity contribution in [3.63, 3.8) is 0 Å². The topological polar surface area (TPSA) is 97.1 Å². The molecule has 0 unspecified atom stereocenters. The van der Waals surface area contributed by atoms with Crippen LogP contribution in [0.5, 0.6) is 11.5 Å². The number of hydrogen-bond acceptors (Lipinski definition) is 6. The van der Waals surface area contributed by atoms with Gasteiger partial charge >= 0.3 is 0 Å². The third kappa shape index (κ3) is 5.08. The van der Waals surface area contributed by atoms with Crippen LogP contribution >= 0.6 is 0 Å². The molecule has 1 fully saturated rings. The van der Waals surface area contributed by atoms with Crippen LogP contribution in [-0.4, -0.2) is 61.1 Å². The minimum Gasteiger partial charge on any atom is -0.454 e. The van der Waals surface area contributed by atoms with Gasteiger partial charge in [-0.1, -0.05) is 6.07 Å². The molecule has 2 aromatic rings. The summed E-state index contributed by atoms with van der Waals surface area (Å²) in [4.78, 5) is 28.0. The van der Waals surface area contributed by atoms with Gasteiger partial charge in [0, 0.05) is 56.9 Å². The van der Waals surface area contributed by atoms with E-state index >= 15 is 0 Å². The van der Waals surface area contributed by atoms with Crippen molar-refractivity contribution in [2.45, 2.75) is 13.0 Å². The molecule has 1 saturated heterocycles. The molecular formula is C22H26N4O4. The summed E-state index contributed by atoms with van der Waals surface area (Å²) in [6.45, 7) is 5.70. The minimum absolute atomic E-state index is 0.0374. The lowest BCUT2D eigenvalue weighted by Gasteiger charge is -2.34. The second-order valence-electron chi connectivity index (χ2n) is 7.55. The van der Waals surface area contributed by atoms with Gasteiger partial charge in [-0.05, 0) is 42.0 Å². The van der Waals surface area contributed by atoms with Gasteiger partial charge < -0.3 is 25.4 Å². The first-order valence-electron chi connectivity index (χ1n) is 10.1. The van der Waals surface area contributed by atoms with Gasteiger partial charge in [0.2, 0.25) is 18.6 Å². The Morgan fingerprint density at radius 3 is 2.37 bits per heavy atom. The van der Waals surface area contributed by atoms with Crippen LogP contribution in [-0.2, 0) is 11.3 Å². The summed E-state index contributed by atoms with van der Waals surface area (Å²) in [7, 11) is 0. The van der Waals surface area contributed by atoms with E-state index in [1.807, 2.05) is 6.07 Å². The first-order chi connectivity index (χ1) is 14.6. The van der Waals surface area contributed by atoms with Crippen molar-refractivity contribution in [3.8, 4) is 11.5 Å². The monoisotopic (exact) mass is 410 g/mol. The number of piperazine rings is 1. The lowest BCUT2D eigenvalue weighted by Crippen LogP contribution is -2.46. The van der Waals surface area contributed by atoms with Crippen LogP contribution in [0.2, 0.25) is 0 Å². The van der Waals surface area contributed by atoms with Crippen LogP contribution in [0.15, 0.2) is 42.5 Å². The van der Waals surface area contributed by atoms with E-state index in [0.29, 0.717) is 24.5 Å². The summed E-state index contributed by atoms with van der Waals surface area (Å²) in [5.74, 6) is 1.11. The summed E-state index contributed by atoms with van der Waals surface area (Å²) in [6.07, 6.45) is 0.430. The second kappa shape index (κ2) is 9.15. The standard InChI is InChI=1S/C22H26N4O4/c23-22(28)17-2-4-18(5-3-17)24-21(27)7-8-25-9-11-26(12-10-25)14-16-1-6-19-20(13-16)30-15-29-19/h1-6,13H,7-12,14-15H2,(H2,23,28)(H,24,27). The van der Waals surface area contributed by atoms with E-state index < -0.39 is 5.91 Å². The fraction of sp³-hybridized carbons (Fsp3) is 0.364. The first kappa shape index (κ1) is 20.2. The first-order valence-corrected chi connectivity index (χ1v) is 10.1. The maximum Gasteiger partial charge on any atom is 0.248 e. The van der Waals surface area contributed by atoms with E-state index in [1.54, 1.807) is 24.3 Å². The predicted molar refractivity (Wildman–Crippen MR) is 112 cm³/mol. The smallest absolute Gasteiger partial charge is 0.248 e. The summed E-state index contributed by atoms with van der Waals surface area (Å²) < 4.78 is 10.8. The lowest BCUT2D eigenvalue weighted by molar-refractivity contribution is -0.116. The number of hydrogen-bond donors (Lipinski definition) is 2. The number of nitrogens with two attached hydrogens (primary N) is 1. The van der Waals surface area contributed by atoms with Crippen LogP contribution in [0, 0.1) is 0 Å². The zero-order valence-corrected chi connectivity index (χ0v) is 16.8. The van der Waals surface area contributed by atoms with Crippen molar-refractivity contribution in [2.75, 3.05) is 44.8 Å². The molecule has 0 bridgehead atoms. The fourth-order valence-electron chi connectivity index (χ4n) is 3.67. The Morgan fingerprint density at radius 1 is 0.933 bits per heavy atom. The number of primary amides is 1. The number of fused-ring (bicyclic) bond motifs is 1. The van der Waals surface area contributed by atoms with Crippen LogP contribution < -0.4 is 20.5 Å². The molecule has 2 aliphatic heterocycles. The third-order valence-corrected chi connectivity index (χ3v) is 5.42. The normalized spacial score (nSPS) is 16.4. The van der Waals surface area contributed by atoms with Crippen molar-refractivity contribution < 1.29 is 19.1 Å². The van der Waals surface area contributed by atoms with Gasteiger partial charge in [-0.2, -0.15) is 0 Å². The Hall–Kier alpha value is -3.10. The molecule has 2 aromatic carbocycles. The largest absolute Gasteiger partial charge is 0.454 e. The highest BCUT2D eigenvalue weighted by atomic mass is 16.7. The van der Waals surface area contributed by atoms with Crippen LogP contribution in [0.1, 0.15) is 22.3 Å². The number of carbonyl (C=O) groups excluding carboxylic acids is 2. The molecule has 158 valence electrons. The van der Waals surface area contributed by atoms with E-state index in [1.165, 1.54) is 5.56 Å². The number of amides is 2. The molecule has 4 rings (SSSR count). The highest BCUT2D eigenvalue weighted by molar-refractivity contribution is 5.94. The van der Waals surface area contributed by atoms with Crippen LogP contribution in [0.3, 0.4) is 0 Å². The Balaban J connectivity index is 1.17. The lowest BCUT2D eigenvalue weighted by atomic mass is 10.1. The van der Waals surface area contributed by atoms with Crippen molar-refractivity contribution >= 4 is 17.5 Å². The molecule has 8 nitrogen and oxygen atoms in total. The number of anilines is 1. The van der Waals surface area contributed by atoms with Crippen molar-refractivity contribution in [2.24, 2.45) is 5.73 Å². The Labute approximate surface area is 175 Å². The Bertz CT molecular complexity index is 908. The molecule has 2 amide bonds. The number of nitrogens with zero attached hydrogens (tertiary/aromatic N) is 2. The van der Waals surface area contributed by atoms with Crippen molar-refractivity contribution in [1.29, 1.82) is 0 Å². The van der Waals surface area contributed by atoms with Gasteiger partial charge in [0.05, 0.1) is 0 Å². The van der Waals surface area contributed by atoms with Crippen LogP contribution in [0.25, 0.3) is 0 Å². The molecule has 0 radical (unpaired) electrons. The molecule has 2 heterocycles. The molecule has 30 heavy (non-hydrogen) atoms. The second-order valence-corrected chi connectivity index (χ2v) is 7.55. The number of benzene rings is 2. The van der Waals surface area contributed by atoms with Crippen molar-refractivity contribution in [1.82, 2.24) is 9.80 Å². The summed E-state index contributed by atoms with van der Waals surface area (Å²) in [5, 5.41) is 2.86. The zero-order valence-electron chi connectivity index (χ0n) is 16.8. The predicted octanol–water partition coefficient (Wildman–Crippen LogP) is 1.66. The quantitative estimate of drug-likeness (QED) is 0.721. The summed E-state index contributed by atoms with van der Waals surface area (Å²) in [5.41, 5.74) is 7.53. The maximum atomic E-state index is 12.2. The molecule has 0 saturated carbocycles. The average molecular weight is 410 g/mol. The number of carbonyl (C=O) groups is 2. The van der Waals surface area contributed by atoms with Gasteiger partial charge in [0.1, 0.15) is 0 Å². The molecule has 3 N–H and O–H groups in total. The van der Waals surface area contributed by atoms with Gasteiger partial charge in [0.15, 0.2) is 11.5 Å². The summed E-state index contributed by atoms with van der Waals surface area (Å²) in [6, 6.07) is 12.7. The van der Waals surface area contributed by atoms with E-state index in [9.17, 15) is 9.59 Å². The van der Waals surface area contributed by atoms with Gasteiger partial charge in [-0.15, -0.1) is 0 Å². The number of ether oxygens (including phenoxy) is 2. The summed E-state index contributed by atoms with van der Waals surface area (Å²) >= 11 is 0. The Kier molecular flexibility index (Phi) is 6.15. The number of rotatable bonds is 7. The van der Waals surface area contributed by atoms with Crippen LogP contribution in [0.4, 0.5) is 5.69 Å². The highest BCUT2D eigenvalue weighted by Crippen LogP contribution is 2.32. The van der Waals surface area contributed by atoms with Gasteiger partial charge in [-0.3, -0.25) is 14.5 Å². The molecule has 0 atom stereocenters. The number of nitrogens with one attached hydrogen (secondary N) is 1. The zero-order chi connectivity index (χ0) is 20.9. The molecule has 0 aliphatic carbocycles. The molecule has 2 aliphatic rings. The fourth-order valence-corrected chi connectivity index (χ4v) is 3.67. The SMILES string of the molecule is NC(=O)c1ccc(NC(=O)CCN2CCN(Cc3ccc4c(c3)OCO4)CC2)cc1. The molecule has 0 aromatic heterocycles. The van der Waals surface area contributed by atoms with Gasteiger partial charge in [-0.25, -0.2) is 0 Å². The minimum atomic E-state index is -0.481.